The lowest BCUT2D eigenvalue weighted by atomic mass is 10.1. The van der Waals surface area contributed by atoms with E-state index in [1.165, 1.54) is 29.7 Å². The third-order valence-electron chi connectivity index (χ3n) is 3.24. The number of aryl methyl sites for hydroxylation is 1. The normalized spacial score (nSPS) is 10.6. The maximum atomic E-state index is 10.8. The number of hydrogen-bond donors (Lipinski definition) is 5. The molecule has 0 aliphatic rings. The highest BCUT2D eigenvalue weighted by atomic mass is 32.2. The van der Waals surface area contributed by atoms with Crippen molar-refractivity contribution in [2.24, 2.45) is 5.10 Å². The van der Waals surface area contributed by atoms with E-state index in [9.17, 15) is 28.6 Å². The first-order chi connectivity index (χ1) is 14.0. The molecule has 14 nitrogen and oxygen atoms in total. The fourth-order valence-corrected chi connectivity index (χ4v) is 2.38. The molecule has 2 rings (SSSR count). The molecule has 160 valence electrons. The molecule has 0 aromatic heterocycles. The quantitative estimate of drug-likeness (QED) is 0.148. The number of nitro benzene ring substituents is 2. The van der Waals surface area contributed by atoms with Gasteiger partial charge in [0.1, 0.15) is 0 Å². The molecule has 0 spiro atoms. The molecule has 0 fully saturated rings. The van der Waals surface area contributed by atoms with Crippen molar-refractivity contribution in [2.75, 3.05) is 0 Å². The number of nitrogens with one attached hydrogen (secondary N) is 3. The Hall–Kier alpha value is -3.95. The van der Waals surface area contributed by atoms with Crippen LogP contribution in [0, 0.1) is 32.6 Å². The summed E-state index contributed by atoms with van der Waals surface area (Å²) in [5.41, 5.74) is 2.90. The summed E-state index contributed by atoms with van der Waals surface area (Å²) < 4.78 is 29.6. The molecular weight excluding hydrogens is 424 g/mol. The molecule has 0 aliphatic heterocycles. The van der Waals surface area contributed by atoms with Crippen molar-refractivity contribution in [3.8, 4) is 0 Å². The van der Waals surface area contributed by atoms with E-state index in [1.807, 2.05) is 12.3 Å². The van der Waals surface area contributed by atoms with Crippen molar-refractivity contribution in [3.63, 3.8) is 0 Å². The summed E-state index contributed by atoms with van der Waals surface area (Å²) >= 11 is 0. The first-order valence-electron chi connectivity index (χ1n) is 7.71. The van der Waals surface area contributed by atoms with E-state index in [2.05, 4.69) is 5.10 Å². The number of nitro groups is 2. The van der Waals surface area contributed by atoms with Gasteiger partial charge in [-0.05, 0) is 25.1 Å². The second-order valence-corrected chi connectivity index (χ2v) is 6.80. The number of guanidine groups is 1. The zero-order valence-corrected chi connectivity index (χ0v) is 16.0. The fraction of sp³-hybridized carbons (Fsp3) is 0.0667. The summed E-state index contributed by atoms with van der Waals surface area (Å²) in [5.74, 6) is -0.565. The Balaban J connectivity index is 0.000000346. The topological polar surface area (TPSA) is 221 Å². The van der Waals surface area contributed by atoms with Gasteiger partial charge in [0.25, 0.3) is 10.1 Å². The molecule has 0 saturated carbocycles. The lowest BCUT2D eigenvalue weighted by Crippen LogP contribution is -2.30. The molecule has 0 atom stereocenters. The van der Waals surface area contributed by atoms with Crippen LogP contribution in [0.15, 0.2) is 52.5 Å². The van der Waals surface area contributed by atoms with E-state index >= 15 is 0 Å². The molecule has 0 saturated heterocycles. The Bertz CT molecular complexity index is 1070. The molecule has 0 bridgehead atoms. The van der Waals surface area contributed by atoms with E-state index in [0.717, 1.165) is 17.8 Å². The minimum Gasteiger partial charge on any atom is -0.288 e. The number of hydrazone groups is 1. The van der Waals surface area contributed by atoms with Gasteiger partial charge in [-0.3, -0.25) is 35.4 Å². The largest absolute Gasteiger partial charge is 0.354 e. The van der Waals surface area contributed by atoms with Crippen molar-refractivity contribution >= 4 is 33.7 Å². The van der Waals surface area contributed by atoms with E-state index in [1.54, 1.807) is 12.1 Å². The molecule has 0 aliphatic carbocycles. The second-order valence-electron chi connectivity index (χ2n) is 5.37. The highest BCUT2D eigenvalue weighted by Crippen LogP contribution is 2.29. The van der Waals surface area contributed by atoms with Crippen molar-refractivity contribution < 1.29 is 28.0 Å². The zero-order valence-electron chi connectivity index (χ0n) is 15.2. The lowest BCUT2D eigenvalue weighted by Gasteiger charge is -2.00. The number of para-hydroxylation sites is 1. The van der Waals surface area contributed by atoms with Gasteiger partial charge >= 0.3 is 11.4 Å². The van der Waals surface area contributed by atoms with Crippen LogP contribution in [0.4, 0.5) is 11.4 Å². The first-order valence-corrected chi connectivity index (χ1v) is 9.15. The molecule has 2 aromatic rings. The Morgan fingerprint density at radius 2 is 1.73 bits per heavy atom. The van der Waals surface area contributed by atoms with Crippen LogP contribution in [-0.2, 0) is 10.1 Å². The van der Waals surface area contributed by atoms with E-state index in [-0.39, 0.29) is 10.5 Å². The summed E-state index contributed by atoms with van der Waals surface area (Å²) in [5, 5.41) is 40.1. The number of hydrogen-bond acceptors (Lipinski definition) is 9. The van der Waals surface area contributed by atoms with Gasteiger partial charge in [0.05, 0.1) is 26.5 Å². The average molecular weight is 440 g/mol. The van der Waals surface area contributed by atoms with Crippen LogP contribution >= 0.6 is 0 Å². The standard InChI is InChI=1S/C8H8N6O5.C7H8O3S/c9-8(12-15)11-10-4-5-2-1-3-6(13(16)17)7(5)14(18)19;1-6-2-4-7(5-3-6)11(8,9)10/h1-4,15H,(H3,9,11,12);2-5H,1H3,(H,8,9,10)/b10-4+;. The first kappa shape index (κ1) is 24.1. The number of rotatable bonds is 5. The Morgan fingerprint density at radius 3 is 2.20 bits per heavy atom. The SMILES string of the molecule is Cc1ccc(S(=O)(=O)O)cc1.N=C(NO)N/N=C/c1cccc([N+](=O)[O-])c1[N+](=O)[O-]. The molecule has 30 heavy (non-hydrogen) atoms. The molecule has 0 unspecified atom stereocenters. The van der Waals surface area contributed by atoms with Gasteiger partial charge < -0.3 is 0 Å². The van der Waals surface area contributed by atoms with Crippen LogP contribution < -0.4 is 10.9 Å². The minimum atomic E-state index is -4.02. The van der Waals surface area contributed by atoms with Crippen molar-refractivity contribution in [1.82, 2.24) is 10.9 Å². The van der Waals surface area contributed by atoms with Gasteiger partial charge in [-0.15, -0.1) is 0 Å². The van der Waals surface area contributed by atoms with Crippen molar-refractivity contribution in [2.45, 2.75) is 11.8 Å². The Kier molecular flexibility index (Phi) is 8.48. The van der Waals surface area contributed by atoms with Gasteiger partial charge in [-0.2, -0.15) is 13.5 Å². The number of nitrogens with zero attached hydrogens (tertiary/aromatic N) is 3. The van der Waals surface area contributed by atoms with E-state index in [4.69, 9.17) is 15.2 Å². The van der Waals surface area contributed by atoms with Gasteiger partial charge in [-0.25, -0.2) is 10.9 Å². The predicted molar refractivity (Wildman–Crippen MR) is 104 cm³/mol. The van der Waals surface area contributed by atoms with Gasteiger partial charge in [-0.1, -0.05) is 23.8 Å². The number of benzene rings is 2. The highest BCUT2D eigenvalue weighted by molar-refractivity contribution is 7.85. The van der Waals surface area contributed by atoms with Crippen molar-refractivity contribution in [3.05, 3.63) is 73.8 Å². The molecule has 5 N–H and O–H groups in total. The van der Waals surface area contributed by atoms with Crippen LogP contribution in [0.5, 0.6) is 0 Å². The van der Waals surface area contributed by atoms with Crippen LogP contribution in [0.1, 0.15) is 11.1 Å². The molecule has 15 heteroatoms. The van der Waals surface area contributed by atoms with Gasteiger partial charge in [0.15, 0.2) is 0 Å². The van der Waals surface area contributed by atoms with Gasteiger partial charge in [0.2, 0.25) is 5.96 Å². The smallest absolute Gasteiger partial charge is 0.288 e. The maximum Gasteiger partial charge on any atom is 0.354 e. The maximum absolute atomic E-state index is 10.8. The number of hydroxylamine groups is 1. The van der Waals surface area contributed by atoms with Crippen LogP contribution in [0.25, 0.3) is 0 Å². The fourth-order valence-electron chi connectivity index (χ4n) is 1.90. The van der Waals surface area contributed by atoms with Crippen LogP contribution in [0.2, 0.25) is 0 Å². The molecule has 0 heterocycles. The summed E-state index contributed by atoms with van der Waals surface area (Å²) in [7, 11) is -4.02. The third kappa shape index (κ3) is 7.23. The lowest BCUT2D eigenvalue weighted by molar-refractivity contribution is -0.422. The summed E-state index contributed by atoms with van der Waals surface area (Å²) in [6.45, 7) is 1.84. The molecule has 0 amide bonds. The monoisotopic (exact) mass is 440 g/mol. The highest BCUT2D eigenvalue weighted by Gasteiger charge is 2.27. The molecule has 0 radical (unpaired) electrons. The minimum absolute atomic E-state index is 0.0666. The average Bonchev–Trinajstić information content (AvgIpc) is 2.67. The van der Waals surface area contributed by atoms with E-state index < -0.39 is 37.3 Å². The predicted octanol–water partition coefficient (Wildman–Crippen LogP) is 1.58. The summed E-state index contributed by atoms with van der Waals surface area (Å²) in [6, 6.07) is 9.51. The van der Waals surface area contributed by atoms with E-state index in [0.29, 0.717) is 0 Å². The zero-order chi connectivity index (χ0) is 22.9. The third-order valence-corrected chi connectivity index (χ3v) is 4.10. The summed E-state index contributed by atoms with van der Waals surface area (Å²) in [4.78, 5) is 19.7. The van der Waals surface area contributed by atoms with Gasteiger partial charge in [0, 0.05) is 6.07 Å². The Labute approximate surface area is 169 Å². The summed E-state index contributed by atoms with van der Waals surface area (Å²) in [6.07, 6.45) is 0.928. The van der Waals surface area contributed by atoms with Crippen LogP contribution in [-0.4, -0.2) is 40.2 Å². The van der Waals surface area contributed by atoms with Crippen molar-refractivity contribution in [1.29, 1.82) is 5.41 Å². The Morgan fingerprint density at radius 1 is 1.13 bits per heavy atom. The molecule has 2 aromatic carbocycles. The van der Waals surface area contributed by atoms with Crippen LogP contribution in [0.3, 0.4) is 0 Å². The second kappa shape index (κ2) is 10.6. The molecular formula is C15H16N6O8S.